The number of rotatable bonds is 6. The van der Waals surface area contributed by atoms with Gasteiger partial charge in [0.2, 0.25) is 0 Å². The van der Waals surface area contributed by atoms with Crippen molar-refractivity contribution in [1.29, 1.82) is 0 Å². The lowest BCUT2D eigenvalue weighted by Crippen LogP contribution is -2.52. The van der Waals surface area contributed by atoms with Gasteiger partial charge in [-0.15, -0.1) is 11.3 Å². The Morgan fingerprint density at radius 3 is 2.67 bits per heavy atom. The molecule has 18 heavy (non-hydrogen) atoms. The molecule has 1 aromatic rings. The molecule has 0 aromatic carbocycles. The van der Waals surface area contributed by atoms with Crippen molar-refractivity contribution in [2.75, 3.05) is 7.05 Å². The molecule has 0 spiro atoms. The number of thiophene rings is 1. The van der Waals surface area contributed by atoms with Crippen LogP contribution in [0.5, 0.6) is 0 Å². The van der Waals surface area contributed by atoms with E-state index in [1.54, 1.807) is 6.07 Å². The highest BCUT2D eigenvalue weighted by atomic mass is 32.2. The van der Waals surface area contributed by atoms with Crippen LogP contribution in [-0.2, 0) is 16.6 Å². The summed E-state index contributed by atoms with van der Waals surface area (Å²) in [7, 11) is -1.50. The van der Waals surface area contributed by atoms with E-state index in [4.69, 9.17) is 0 Å². The van der Waals surface area contributed by atoms with Gasteiger partial charge in [-0.1, -0.05) is 6.92 Å². The Balaban J connectivity index is 2.14. The summed E-state index contributed by atoms with van der Waals surface area (Å²) < 4.78 is 27.9. The molecule has 1 aliphatic rings. The summed E-state index contributed by atoms with van der Waals surface area (Å²) in [6.07, 6.45) is 3.89. The molecule has 1 heterocycles. The smallest absolute Gasteiger partial charge is 0.250 e. The first kappa shape index (κ1) is 14.0. The minimum absolute atomic E-state index is 0.188. The average molecular weight is 288 g/mol. The monoisotopic (exact) mass is 288 g/mol. The largest absolute Gasteiger partial charge is 0.316 e. The maximum absolute atomic E-state index is 12.3. The maximum atomic E-state index is 12.3. The SMILES string of the molecule is CCC1(NS(=O)(=O)c2cc(CNC)cs2)CCC1. The summed E-state index contributed by atoms with van der Waals surface area (Å²) in [4.78, 5) is 0. The minimum Gasteiger partial charge on any atom is -0.316 e. The van der Waals surface area contributed by atoms with Gasteiger partial charge in [0.1, 0.15) is 4.21 Å². The highest BCUT2D eigenvalue weighted by molar-refractivity contribution is 7.91. The lowest BCUT2D eigenvalue weighted by Gasteiger charge is -2.41. The molecule has 0 atom stereocenters. The van der Waals surface area contributed by atoms with Crippen molar-refractivity contribution in [2.45, 2.75) is 48.9 Å². The van der Waals surface area contributed by atoms with Crippen molar-refractivity contribution in [3.8, 4) is 0 Å². The van der Waals surface area contributed by atoms with Crippen LogP contribution in [0.15, 0.2) is 15.7 Å². The molecule has 0 saturated heterocycles. The van der Waals surface area contributed by atoms with Crippen molar-refractivity contribution < 1.29 is 8.42 Å². The fourth-order valence-corrected chi connectivity index (χ4v) is 5.00. The van der Waals surface area contributed by atoms with Crippen LogP contribution in [0.2, 0.25) is 0 Å². The van der Waals surface area contributed by atoms with Crippen LogP contribution >= 0.6 is 11.3 Å². The van der Waals surface area contributed by atoms with E-state index >= 15 is 0 Å². The number of hydrogen-bond donors (Lipinski definition) is 2. The summed E-state index contributed by atoms with van der Waals surface area (Å²) in [5.74, 6) is 0. The zero-order chi connectivity index (χ0) is 13.2. The van der Waals surface area contributed by atoms with Crippen LogP contribution in [0.4, 0.5) is 0 Å². The van der Waals surface area contributed by atoms with E-state index in [0.29, 0.717) is 10.8 Å². The maximum Gasteiger partial charge on any atom is 0.250 e. The molecule has 6 heteroatoms. The molecule has 0 bridgehead atoms. The van der Waals surface area contributed by atoms with Gasteiger partial charge in [-0.3, -0.25) is 0 Å². The van der Waals surface area contributed by atoms with Crippen LogP contribution < -0.4 is 10.0 Å². The molecule has 2 rings (SSSR count). The second-order valence-electron chi connectivity index (χ2n) is 4.90. The Bertz CT molecular complexity index is 498. The zero-order valence-corrected chi connectivity index (χ0v) is 12.5. The van der Waals surface area contributed by atoms with Crippen LogP contribution in [0, 0.1) is 0 Å². The van der Waals surface area contributed by atoms with Crippen molar-refractivity contribution in [1.82, 2.24) is 10.0 Å². The lowest BCUT2D eigenvalue weighted by atomic mass is 9.76. The number of nitrogens with one attached hydrogen (secondary N) is 2. The van der Waals surface area contributed by atoms with E-state index in [9.17, 15) is 8.42 Å². The van der Waals surface area contributed by atoms with Gasteiger partial charge < -0.3 is 5.32 Å². The van der Waals surface area contributed by atoms with Gasteiger partial charge in [0.25, 0.3) is 10.0 Å². The second kappa shape index (κ2) is 5.28. The average Bonchev–Trinajstić information content (AvgIpc) is 2.73. The zero-order valence-electron chi connectivity index (χ0n) is 10.8. The van der Waals surface area contributed by atoms with Crippen molar-refractivity contribution in [3.63, 3.8) is 0 Å². The van der Waals surface area contributed by atoms with Gasteiger partial charge in [-0.2, -0.15) is 0 Å². The highest BCUT2D eigenvalue weighted by Gasteiger charge is 2.39. The van der Waals surface area contributed by atoms with E-state index in [-0.39, 0.29) is 5.54 Å². The summed E-state index contributed by atoms with van der Waals surface area (Å²) in [6, 6.07) is 1.76. The molecule has 1 aromatic heterocycles. The first-order valence-electron chi connectivity index (χ1n) is 6.27. The fraction of sp³-hybridized carbons (Fsp3) is 0.667. The van der Waals surface area contributed by atoms with Crippen LogP contribution in [0.3, 0.4) is 0 Å². The first-order chi connectivity index (χ1) is 8.51. The standard InChI is InChI=1S/C12H20N2O2S2/c1-3-12(5-4-6-12)14-18(15,16)11-7-10(8-13-2)9-17-11/h7,9,13-14H,3-6,8H2,1-2H3. The Morgan fingerprint density at radius 2 is 2.17 bits per heavy atom. The third-order valence-corrected chi connectivity index (χ3v) is 6.68. The molecule has 1 saturated carbocycles. The molecular formula is C12H20N2O2S2. The third-order valence-electron chi connectivity index (χ3n) is 3.61. The van der Waals surface area contributed by atoms with Gasteiger partial charge in [0.15, 0.2) is 0 Å². The number of sulfonamides is 1. The molecular weight excluding hydrogens is 268 g/mol. The van der Waals surface area contributed by atoms with Crippen molar-refractivity contribution >= 4 is 21.4 Å². The predicted octanol–water partition coefficient (Wildman–Crippen LogP) is 2.08. The topological polar surface area (TPSA) is 58.2 Å². The summed E-state index contributed by atoms with van der Waals surface area (Å²) in [5, 5.41) is 4.92. The molecule has 0 radical (unpaired) electrons. The fourth-order valence-electron chi connectivity index (χ4n) is 2.26. The van der Waals surface area contributed by atoms with Crippen LogP contribution in [-0.4, -0.2) is 21.0 Å². The normalized spacial score (nSPS) is 18.6. The summed E-state index contributed by atoms with van der Waals surface area (Å²) >= 11 is 1.29. The summed E-state index contributed by atoms with van der Waals surface area (Å²) in [6.45, 7) is 2.74. The molecule has 4 nitrogen and oxygen atoms in total. The van der Waals surface area contributed by atoms with Gasteiger partial charge in [0.05, 0.1) is 0 Å². The second-order valence-corrected chi connectivity index (χ2v) is 7.72. The van der Waals surface area contributed by atoms with Gasteiger partial charge in [-0.05, 0) is 49.7 Å². The minimum atomic E-state index is -3.35. The van der Waals surface area contributed by atoms with Gasteiger partial charge in [-0.25, -0.2) is 13.1 Å². The number of hydrogen-bond acceptors (Lipinski definition) is 4. The van der Waals surface area contributed by atoms with Crippen LogP contribution in [0.25, 0.3) is 0 Å². The Labute approximate surface area is 113 Å². The Kier molecular flexibility index (Phi) is 4.11. The lowest BCUT2D eigenvalue weighted by molar-refractivity contribution is 0.214. The Morgan fingerprint density at radius 1 is 1.44 bits per heavy atom. The predicted molar refractivity (Wildman–Crippen MR) is 74.3 cm³/mol. The summed E-state index contributed by atoms with van der Waals surface area (Å²) in [5.41, 5.74) is 0.827. The van der Waals surface area contributed by atoms with E-state index in [1.165, 1.54) is 11.3 Å². The van der Waals surface area contributed by atoms with E-state index < -0.39 is 10.0 Å². The van der Waals surface area contributed by atoms with E-state index in [2.05, 4.69) is 10.0 Å². The molecule has 0 amide bonds. The molecule has 2 N–H and O–H groups in total. The first-order valence-corrected chi connectivity index (χ1v) is 8.64. The van der Waals surface area contributed by atoms with E-state index in [1.807, 2.05) is 19.4 Å². The highest BCUT2D eigenvalue weighted by Crippen LogP contribution is 2.36. The van der Waals surface area contributed by atoms with E-state index in [0.717, 1.165) is 31.2 Å². The van der Waals surface area contributed by atoms with Gasteiger partial charge >= 0.3 is 0 Å². The quantitative estimate of drug-likeness (QED) is 0.842. The van der Waals surface area contributed by atoms with Crippen LogP contribution in [0.1, 0.15) is 38.2 Å². The van der Waals surface area contributed by atoms with Crippen molar-refractivity contribution in [3.05, 3.63) is 17.0 Å². The van der Waals surface area contributed by atoms with Crippen molar-refractivity contribution in [2.24, 2.45) is 0 Å². The third kappa shape index (κ3) is 2.77. The molecule has 102 valence electrons. The molecule has 1 aliphatic carbocycles. The molecule has 0 aliphatic heterocycles. The van der Waals surface area contributed by atoms with Gasteiger partial charge in [0, 0.05) is 12.1 Å². The molecule has 0 unspecified atom stereocenters. The molecule has 1 fully saturated rings. The Hall–Kier alpha value is -0.430.